The molecule has 0 amide bonds. The molecule has 106 valence electrons. The molecular weight excluding hydrogens is 303 g/mol. The van der Waals surface area contributed by atoms with E-state index < -0.39 is 27.6 Å². The molecule has 0 aromatic heterocycles. The zero-order valence-electron chi connectivity index (χ0n) is 10.3. The molecule has 0 spiro atoms. The number of carboxylic acids is 2. The lowest BCUT2D eigenvalue weighted by atomic mass is 9.73. The molecule has 2 aliphatic rings. The third-order valence-corrected chi connectivity index (χ3v) is 4.52. The normalized spacial score (nSPS) is 35.7. The average Bonchev–Trinajstić information content (AvgIpc) is 2.39. The Balaban J connectivity index is 2.56. The quantitative estimate of drug-likeness (QED) is 0.785. The first-order valence-electron chi connectivity index (χ1n) is 5.90. The lowest BCUT2D eigenvalue weighted by Gasteiger charge is -2.39. The highest BCUT2D eigenvalue weighted by molar-refractivity contribution is 6.40. The van der Waals surface area contributed by atoms with Gasteiger partial charge in [-0.2, -0.15) is 0 Å². The first-order chi connectivity index (χ1) is 9.32. The molecular formula is C14H12Cl2O4. The third kappa shape index (κ3) is 2.19. The minimum Gasteiger partial charge on any atom is -0.481 e. The molecule has 0 radical (unpaired) electrons. The van der Waals surface area contributed by atoms with Crippen molar-refractivity contribution in [1.82, 2.24) is 0 Å². The molecule has 3 unspecified atom stereocenters. The summed E-state index contributed by atoms with van der Waals surface area (Å²) in [5, 5.41) is 18.7. The van der Waals surface area contributed by atoms with Crippen molar-refractivity contribution in [3.8, 4) is 0 Å². The number of hydrogen-bond donors (Lipinski definition) is 2. The van der Waals surface area contributed by atoms with E-state index in [0.29, 0.717) is 6.42 Å². The Hall–Kier alpha value is -1.52. The van der Waals surface area contributed by atoms with Gasteiger partial charge in [0.05, 0.1) is 4.87 Å². The van der Waals surface area contributed by atoms with Crippen LogP contribution in [0.5, 0.6) is 0 Å². The minimum absolute atomic E-state index is 0.163. The Bertz CT molecular complexity index is 576. The zero-order valence-corrected chi connectivity index (χ0v) is 11.8. The van der Waals surface area contributed by atoms with Crippen LogP contribution in [0, 0.1) is 5.92 Å². The van der Waals surface area contributed by atoms with E-state index >= 15 is 0 Å². The molecule has 0 saturated carbocycles. The van der Waals surface area contributed by atoms with Crippen LogP contribution in [0.15, 0.2) is 48.1 Å². The average molecular weight is 315 g/mol. The van der Waals surface area contributed by atoms with Crippen LogP contribution in [0.4, 0.5) is 0 Å². The highest BCUT2D eigenvalue weighted by Gasteiger charge is 2.56. The van der Waals surface area contributed by atoms with E-state index in [4.69, 9.17) is 23.2 Å². The molecule has 2 N–H and O–H groups in total. The van der Waals surface area contributed by atoms with E-state index in [1.165, 1.54) is 18.2 Å². The monoisotopic (exact) mass is 314 g/mol. The van der Waals surface area contributed by atoms with Crippen molar-refractivity contribution < 1.29 is 19.8 Å². The highest BCUT2D eigenvalue weighted by Crippen LogP contribution is 2.48. The first kappa shape index (κ1) is 14.9. The molecule has 20 heavy (non-hydrogen) atoms. The topological polar surface area (TPSA) is 74.6 Å². The van der Waals surface area contributed by atoms with Gasteiger partial charge < -0.3 is 10.2 Å². The lowest BCUT2D eigenvalue weighted by molar-refractivity contribution is -0.149. The second-order valence-corrected chi connectivity index (χ2v) is 5.92. The number of hydrogen-bond acceptors (Lipinski definition) is 2. The van der Waals surface area contributed by atoms with Crippen LogP contribution in [-0.2, 0) is 9.59 Å². The summed E-state index contributed by atoms with van der Waals surface area (Å²) in [6.07, 6.45) is 11.4. The van der Waals surface area contributed by atoms with E-state index in [0.717, 1.165) is 0 Å². The standard InChI is InChI=1S/C14H12Cl2O4/c15-13(7-2-1-3-8-13)10-6-4-5-9(11(17)18)14(10,16)12(19)20/h1-7,9H,8H2,(H,17,18)(H,19,20). The van der Waals surface area contributed by atoms with Crippen LogP contribution in [-0.4, -0.2) is 31.9 Å². The fourth-order valence-corrected chi connectivity index (χ4v) is 3.24. The van der Waals surface area contributed by atoms with Gasteiger partial charge >= 0.3 is 11.9 Å². The van der Waals surface area contributed by atoms with Crippen LogP contribution >= 0.6 is 23.2 Å². The fourth-order valence-electron chi connectivity index (χ4n) is 2.42. The minimum atomic E-state index is -2.10. The molecule has 2 aliphatic carbocycles. The van der Waals surface area contributed by atoms with Crippen LogP contribution < -0.4 is 0 Å². The van der Waals surface area contributed by atoms with Crippen molar-refractivity contribution in [3.05, 3.63) is 48.1 Å². The summed E-state index contributed by atoms with van der Waals surface area (Å²) in [6.45, 7) is 0. The summed E-state index contributed by atoms with van der Waals surface area (Å²) < 4.78 is 0. The van der Waals surface area contributed by atoms with E-state index in [1.807, 2.05) is 0 Å². The van der Waals surface area contributed by atoms with Crippen molar-refractivity contribution in [2.75, 3.05) is 0 Å². The Morgan fingerprint density at radius 1 is 1.20 bits per heavy atom. The summed E-state index contributed by atoms with van der Waals surface area (Å²) in [5.74, 6) is -4.11. The molecule has 0 heterocycles. The van der Waals surface area contributed by atoms with Gasteiger partial charge in [0.15, 0.2) is 4.87 Å². The first-order valence-corrected chi connectivity index (χ1v) is 6.66. The Labute approximate surface area is 125 Å². The molecule has 6 heteroatoms. The van der Waals surface area contributed by atoms with E-state index in [-0.39, 0.29) is 5.57 Å². The van der Waals surface area contributed by atoms with Gasteiger partial charge in [-0.05, 0) is 12.0 Å². The largest absolute Gasteiger partial charge is 0.481 e. The fraction of sp³-hybridized carbons (Fsp3) is 0.286. The number of rotatable bonds is 3. The summed E-state index contributed by atoms with van der Waals surface area (Å²) in [6, 6.07) is 0. The Morgan fingerprint density at radius 2 is 1.90 bits per heavy atom. The van der Waals surface area contributed by atoms with Crippen LogP contribution in [0.1, 0.15) is 6.42 Å². The maximum Gasteiger partial charge on any atom is 0.330 e. The van der Waals surface area contributed by atoms with E-state index in [9.17, 15) is 19.8 Å². The number of carboxylic acid groups (broad SMARTS) is 2. The number of aliphatic carboxylic acids is 2. The van der Waals surface area contributed by atoms with Crippen molar-refractivity contribution >= 4 is 35.1 Å². The maximum atomic E-state index is 11.6. The second kappa shape index (κ2) is 5.11. The smallest absolute Gasteiger partial charge is 0.330 e. The van der Waals surface area contributed by atoms with Gasteiger partial charge in [0.1, 0.15) is 5.92 Å². The SMILES string of the molecule is O=C(O)C1C=CC=C(C2(Cl)C=CC=CC2)C1(Cl)C(=O)O. The number of halogens is 2. The van der Waals surface area contributed by atoms with E-state index in [2.05, 4.69) is 0 Å². The molecule has 0 aromatic rings. The molecule has 4 nitrogen and oxygen atoms in total. The molecule has 0 aromatic carbocycles. The van der Waals surface area contributed by atoms with Crippen molar-refractivity contribution in [2.24, 2.45) is 5.92 Å². The van der Waals surface area contributed by atoms with Gasteiger partial charge in [-0.25, -0.2) is 4.79 Å². The van der Waals surface area contributed by atoms with Gasteiger partial charge in [0.25, 0.3) is 0 Å². The van der Waals surface area contributed by atoms with Crippen LogP contribution in [0.3, 0.4) is 0 Å². The third-order valence-electron chi connectivity index (χ3n) is 3.43. The lowest BCUT2D eigenvalue weighted by Crippen LogP contribution is -2.51. The predicted octanol–water partition coefficient (Wildman–Crippen LogP) is 2.74. The Kier molecular flexibility index (Phi) is 3.80. The summed E-state index contributed by atoms with van der Waals surface area (Å²) in [5.41, 5.74) is 0.163. The van der Waals surface area contributed by atoms with Crippen molar-refractivity contribution in [1.29, 1.82) is 0 Å². The van der Waals surface area contributed by atoms with Gasteiger partial charge in [0.2, 0.25) is 0 Å². The van der Waals surface area contributed by atoms with Crippen molar-refractivity contribution in [2.45, 2.75) is 16.2 Å². The summed E-state index contributed by atoms with van der Waals surface area (Å²) in [7, 11) is 0. The van der Waals surface area contributed by atoms with Gasteiger partial charge in [-0.1, -0.05) is 42.5 Å². The molecule has 3 atom stereocenters. The summed E-state index contributed by atoms with van der Waals surface area (Å²) >= 11 is 12.7. The molecule has 0 fully saturated rings. The molecule has 0 saturated heterocycles. The molecule has 0 bridgehead atoms. The van der Waals surface area contributed by atoms with Gasteiger partial charge in [-0.15, -0.1) is 23.2 Å². The Morgan fingerprint density at radius 3 is 2.40 bits per heavy atom. The van der Waals surface area contributed by atoms with Crippen LogP contribution in [0.2, 0.25) is 0 Å². The number of alkyl halides is 2. The summed E-state index contributed by atoms with van der Waals surface area (Å²) in [4.78, 5) is 19.7. The predicted molar refractivity (Wildman–Crippen MR) is 76.0 cm³/mol. The van der Waals surface area contributed by atoms with E-state index in [1.54, 1.807) is 24.3 Å². The highest BCUT2D eigenvalue weighted by atomic mass is 35.5. The molecule has 0 aliphatic heterocycles. The van der Waals surface area contributed by atoms with Crippen LogP contribution in [0.25, 0.3) is 0 Å². The van der Waals surface area contributed by atoms with Crippen molar-refractivity contribution in [3.63, 3.8) is 0 Å². The number of carbonyl (C=O) groups is 2. The van der Waals surface area contributed by atoms with Gasteiger partial charge in [-0.3, -0.25) is 4.79 Å². The maximum absolute atomic E-state index is 11.6. The zero-order chi connectivity index (χ0) is 15.0. The number of allylic oxidation sites excluding steroid dienone is 6. The second-order valence-electron chi connectivity index (χ2n) is 4.65. The molecule has 2 rings (SSSR count). The van der Waals surface area contributed by atoms with Gasteiger partial charge in [0, 0.05) is 0 Å².